The standard InChI is InChI=1S/C24H32O4/c1-4-25-12-13-26-22-14-18(2)24(19(3)15-22)21-9-7-8-20(16-21)17-28-23-10-5-6-11-27-23/h7-9,14-16,23H,4-6,10-13,17H2,1-3H3. The van der Waals surface area contributed by atoms with Crippen molar-refractivity contribution in [3.05, 3.63) is 53.1 Å². The normalized spacial score (nSPS) is 16.9. The lowest BCUT2D eigenvalue weighted by atomic mass is 9.94. The van der Waals surface area contributed by atoms with E-state index in [0.29, 0.717) is 26.4 Å². The van der Waals surface area contributed by atoms with Crippen molar-refractivity contribution in [2.45, 2.75) is 52.9 Å². The molecule has 0 N–H and O–H groups in total. The third-order valence-electron chi connectivity index (χ3n) is 5.00. The molecule has 1 fully saturated rings. The third-order valence-corrected chi connectivity index (χ3v) is 5.00. The molecular weight excluding hydrogens is 352 g/mol. The van der Waals surface area contributed by atoms with E-state index in [-0.39, 0.29) is 6.29 Å². The fourth-order valence-electron chi connectivity index (χ4n) is 3.67. The zero-order chi connectivity index (χ0) is 19.8. The Morgan fingerprint density at radius 2 is 1.86 bits per heavy atom. The maximum atomic E-state index is 5.95. The molecule has 2 aromatic rings. The van der Waals surface area contributed by atoms with Crippen LogP contribution in [0.2, 0.25) is 0 Å². The maximum Gasteiger partial charge on any atom is 0.158 e. The summed E-state index contributed by atoms with van der Waals surface area (Å²) in [6.45, 7) is 9.55. The Morgan fingerprint density at radius 3 is 2.57 bits per heavy atom. The van der Waals surface area contributed by atoms with Crippen molar-refractivity contribution >= 4 is 0 Å². The number of hydrogen-bond donors (Lipinski definition) is 0. The van der Waals surface area contributed by atoms with Gasteiger partial charge in [-0.05, 0) is 86.1 Å². The van der Waals surface area contributed by atoms with Crippen molar-refractivity contribution in [2.75, 3.05) is 26.4 Å². The molecule has 1 atom stereocenters. The first-order chi connectivity index (χ1) is 13.7. The summed E-state index contributed by atoms with van der Waals surface area (Å²) in [6.07, 6.45) is 3.25. The van der Waals surface area contributed by atoms with Crippen molar-refractivity contribution < 1.29 is 18.9 Å². The van der Waals surface area contributed by atoms with E-state index in [4.69, 9.17) is 18.9 Å². The SMILES string of the molecule is CCOCCOc1cc(C)c(-c2cccc(COC3CCCCO3)c2)c(C)c1. The lowest BCUT2D eigenvalue weighted by Crippen LogP contribution is -2.21. The second kappa shape index (κ2) is 10.6. The second-order valence-electron chi connectivity index (χ2n) is 7.28. The molecule has 0 spiro atoms. The molecule has 0 aromatic heterocycles. The summed E-state index contributed by atoms with van der Waals surface area (Å²) in [7, 11) is 0. The molecule has 1 aliphatic rings. The zero-order valence-electron chi connectivity index (χ0n) is 17.3. The first kappa shape index (κ1) is 20.8. The Labute approximate surface area is 168 Å². The van der Waals surface area contributed by atoms with Gasteiger partial charge in [0, 0.05) is 13.2 Å². The summed E-state index contributed by atoms with van der Waals surface area (Å²) in [5, 5.41) is 0. The van der Waals surface area contributed by atoms with E-state index in [1.54, 1.807) is 0 Å². The van der Waals surface area contributed by atoms with Gasteiger partial charge in [0.2, 0.25) is 0 Å². The van der Waals surface area contributed by atoms with Crippen LogP contribution in [0.3, 0.4) is 0 Å². The molecule has 0 saturated carbocycles. The van der Waals surface area contributed by atoms with E-state index < -0.39 is 0 Å². The van der Waals surface area contributed by atoms with E-state index in [2.05, 4.69) is 50.2 Å². The minimum Gasteiger partial charge on any atom is -0.491 e. The summed E-state index contributed by atoms with van der Waals surface area (Å²) >= 11 is 0. The topological polar surface area (TPSA) is 36.9 Å². The lowest BCUT2D eigenvalue weighted by Gasteiger charge is -2.22. The van der Waals surface area contributed by atoms with Crippen LogP contribution in [0.4, 0.5) is 0 Å². The van der Waals surface area contributed by atoms with Gasteiger partial charge in [-0.2, -0.15) is 0 Å². The number of hydrogen-bond acceptors (Lipinski definition) is 4. The van der Waals surface area contributed by atoms with E-state index in [1.165, 1.54) is 34.2 Å². The molecule has 1 saturated heterocycles. The quantitative estimate of drug-likeness (QED) is 0.540. The van der Waals surface area contributed by atoms with Gasteiger partial charge in [-0.15, -0.1) is 0 Å². The molecule has 2 aromatic carbocycles. The Kier molecular flexibility index (Phi) is 7.90. The zero-order valence-corrected chi connectivity index (χ0v) is 17.3. The minimum absolute atomic E-state index is 0.0611. The van der Waals surface area contributed by atoms with Gasteiger partial charge >= 0.3 is 0 Å². The highest BCUT2D eigenvalue weighted by atomic mass is 16.7. The predicted molar refractivity (Wildman–Crippen MR) is 112 cm³/mol. The number of rotatable bonds is 9. The average molecular weight is 385 g/mol. The van der Waals surface area contributed by atoms with E-state index in [9.17, 15) is 0 Å². The first-order valence-electron chi connectivity index (χ1n) is 10.3. The molecule has 1 aliphatic heterocycles. The van der Waals surface area contributed by atoms with Crippen LogP contribution in [-0.4, -0.2) is 32.7 Å². The Bertz CT molecular complexity index is 727. The molecule has 28 heavy (non-hydrogen) atoms. The van der Waals surface area contributed by atoms with Crippen LogP contribution in [0.25, 0.3) is 11.1 Å². The van der Waals surface area contributed by atoms with Gasteiger partial charge in [0.25, 0.3) is 0 Å². The minimum atomic E-state index is -0.0611. The number of aryl methyl sites for hydroxylation is 2. The molecule has 4 nitrogen and oxygen atoms in total. The summed E-state index contributed by atoms with van der Waals surface area (Å²) in [6, 6.07) is 12.8. The summed E-state index contributed by atoms with van der Waals surface area (Å²) < 4.78 is 22.8. The Balaban J connectivity index is 1.68. The molecule has 1 heterocycles. The van der Waals surface area contributed by atoms with Crippen molar-refractivity contribution in [3.63, 3.8) is 0 Å². The summed E-state index contributed by atoms with van der Waals surface area (Å²) in [5.41, 5.74) is 6.05. The fourth-order valence-corrected chi connectivity index (χ4v) is 3.67. The van der Waals surface area contributed by atoms with Gasteiger partial charge in [0.15, 0.2) is 6.29 Å². The highest BCUT2D eigenvalue weighted by Crippen LogP contribution is 2.31. The molecule has 0 radical (unpaired) electrons. The van der Waals surface area contributed by atoms with Gasteiger partial charge in [0.05, 0.1) is 13.2 Å². The summed E-state index contributed by atoms with van der Waals surface area (Å²) in [4.78, 5) is 0. The van der Waals surface area contributed by atoms with Crippen LogP contribution in [0.1, 0.15) is 42.9 Å². The van der Waals surface area contributed by atoms with Crippen molar-refractivity contribution in [2.24, 2.45) is 0 Å². The van der Waals surface area contributed by atoms with E-state index >= 15 is 0 Å². The molecule has 1 unspecified atom stereocenters. The smallest absolute Gasteiger partial charge is 0.158 e. The largest absolute Gasteiger partial charge is 0.491 e. The van der Waals surface area contributed by atoms with Crippen molar-refractivity contribution in [1.82, 2.24) is 0 Å². The van der Waals surface area contributed by atoms with Crippen LogP contribution in [-0.2, 0) is 20.8 Å². The van der Waals surface area contributed by atoms with E-state index in [0.717, 1.165) is 25.2 Å². The molecule has 0 bridgehead atoms. The Hall–Kier alpha value is -1.88. The predicted octanol–water partition coefficient (Wildman–Crippen LogP) is 5.43. The maximum absolute atomic E-state index is 5.95. The van der Waals surface area contributed by atoms with Gasteiger partial charge in [0.1, 0.15) is 12.4 Å². The highest BCUT2D eigenvalue weighted by molar-refractivity contribution is 5.72. The first-order valence-corrected chi connectivity index (χ1v) is 10.3. The third kappa shape index (κ3) is 5.81. The average Bonchev–Trinajstić information content (AvgIpc) is 2.70. The van der Waals surface area contributed by atoms with Crippen LogP contribution < -0.4 is 4.74 Å². The van der Waals surface area contributed by atoms with Gasteiger partial charge in [-0.3, -0.25) is 0 Å². The van der Waals surface area contributed by atoms with Gasteiger partial charge in [-0.1, -0.05) is 18.2 Å². The fraction of sp³-hybridized carbons (Fsp3) is 0.500. The molecule has 152 valence electrons. The summed E-state index contributed by atoms with van der Waals surface area (Å²) in [5.74, 6) is 0.896. The van der Waals surface area contributed by atoms with Crippen molar-refractivity contribution in [1.29, 1.82) is 0 Å². The molecular formula is C24H32O4. The number of ether oxygens (including phenoxy) is 4. The number of benzene rings is 2. The van der Waals surface area contributed by atoms with Gasteiger partial charge in [-0.25, -0.2) is 0 Å². The van der Waals surface area contributed by atoms with Crippen LogP contribution in [0.5, 0.6) is 5.75 Å². The molecule has 0 aliphatic carbocycles. The van der Waals surface area contributed by atoms with Crippen LogP contribution >= 0.6 is 0 Å². The molecule has 3 rings (SSSR count). The molecule has 4 heteroatoms. The lowest BCUT2D eigenvalue weighted by molar-refractivity contribution is -0.168. The van der Waals surface area contributed by atoms with E-state index in [1.807, 2.05) is 6.92 Å². The van der Waals surface area contributed by atoms with Crippen LogP contribution in [0, 0.1) is 13.8 Å². The molecule has 0 amide bonds. The van der Waals surface area contributed by atoms with Crippen LogP contribution in [0.15, 0.2) is 36.4 Å². The second-order valence-corrected chi connectivity index (χ2v) is 7.28. The Morgan fingerprint density at radius 1 is 1.04 bits per heavy atom. The highest BCUT2D eigenvalue weighted by Gasteiger charge is 2.14. The monoisotopic (exact) mass is 384 g/mol. The van der Waals surface area contributed by atoms with Crippen molar-refractivity contribution in [3.8, 4) is 16.9 Å². The van der Waals surface area contributed by atoms with Gasteiger partial charge < -0.3 is 18.9 Å².